The number of piperidine rings is 1. The van der Waals surface area contributed by atoms with E-state index in [0.29, 0.717) is 18.9 Å². The second kappa shape index (κ2) is 5.45. The fourth-order valence-corrected chi connectivity index (χ4v) is 4.07. The molecule has 3 rings (SSSR count). The Kier molecular flexibility index (Phi) is 3.64. The monoisotopic (exact) mass is 307 g/mol. The highest BCUT2D eigenvalue weighted by atomic mass is 32.2. The Bertz CT molecular complexity index is 697. The number of rotatable bonds is 3. The number of nitrogens with one attached hydrogen (secondary N) is 1. The molecule has 7 nitrogen and oxygen atoms in total. The molecule has 3 N–H and O–H groups in total. The minimum atomic E-state index is -3.52. The largest absolute Gasteiger partial charge is 0.384 e. The number of nitrogens with two attached hydrogens (primary N) is 1. The van der Waals surface area contributed by atoms with Gasteiger partial charge in [-0.1, -0.05) is 0 Å². The van der Waals surface area contributed by atoms with Crippen molar-refractivity contribution in [2.45, 2.75) is 23.7 Å². The maximum atomic E-state index is 12.6. The van der Waals surface area contributed by atoms with Crippen LogP contribution in [0.3, 0.4) is 0 Å². The van der Waals surface area contributed by atoms with Crippen molar-refractivity contribution in [3.05, 3.63) is 36.3 Å². The summed E-state index contributed by atoms with van der Waals surface area (Å²) in [4.78, 5) is 4.05. The highest BCUT2D eigenvalue weighted by Gasteiger charge is 2.31. The number of aromatic nitrogens is 3. The third kappa shape index (κ3) is 2.77. The highest BCUT2D eigenvalue weighted by Crippen LogP contribution is 2.29. The molecule has 2 aromatic heterocycles. The second-order valence-corrected chi connectivity index (χ2v) is 7.07. The van der Waals surface area contributed by atoms with E-state index < -0.39 is 10.0 Å². The van der Waals surface area contributed by atoms with Crippen LogP contribution in [0.2, 0.25) is 0 Å². The minimum absolute atomic E-state index is 0.151. The molecule has 112 valence electrons. The molecule has 0 spiro atoms. The van der Waals surface area contributed by atoms with Crippen molar-refractivity contribution in [2.24, 2.45) is 0 Å². The standard InChI is InChI=1S/C13H17N5O2S/c14-13-4-3-11(8-15-13)21(19,20)18-7-1-2-10(9-18)12-5-6-16-17-12/h3-6,8,10H,1-2,7,9H2,(H2,14,15)(H,16,17). The number of anilines is 1. The molecule has 1 aliphatic heterocycles. The first-order valence-electron chi connectivity index (χ1n) is 6.78. The maximum absolute atomic E-state index is 12.6. The molecule has 0 aromatic carbocycles. The summed E-state index contributed by atoms with van der Waals surface area (Å²) in [6, 6.07) is 4.90. The van der Waals surface area contributed by atoms with Crippen LogP contribution in [-0.4, -0.2) is 41.0 Å². The predicted octanol–water partition coefficient (Wildman–Crippen LogP) is 0.955. The Morgan fingerprint density at radius 1 is 1.33 bits per heavy atom. The average molecular weight is 307 g/mol. The van der Waals surface area contributed by atoms with E-state index in [0.717, 1.165) is 18.5 Å². The molecular formula is C13H17N5O2S. The molecule has 3 heterocycles. The first-order chi connectivity index (χ1) is 10.1. The number of nitrogens with zero attached hydrogens (tertiary/aromatic N) is 3. The van der Waals surface area contributed by atoms with E-state index in [-0.39, 0.29) is 10.8 Å². The van der Waals surface area contributed by atoms with Gasteiger partial charge in [-0.15, -0.1) is 0 Å². The number of hydrogen-bond acceptors (Lipinski definition) is 5. The molecule has 1 aliphatic rings. The third-order valence-corrected chi connectivity index (χ3v) is 5.59. The molecule has 0 amide bonds. The number of nitrogen functional groups attached to an aromatic ring is 1. The summed E-state index contributed by atoms with van der Waals surface area (Å²) in [6.45, 7) is 0.978. The van der Waals surface area contributed by atoms with Crippen molar-refractivity contribution in [3.8, 4) is 0 Å². The zero-order valence-electron chi connectivity index (χ0n) is 11.4. The van der Waals surface area contributed by atoms with Gasteiger partial charge in [-0.25, -0.2) is 13.4 Å². The smallest absolute Gasteiger partial charge is 0.244 e. The lowest BCUT2D eigenvalue weighted by Gasteiger charge is -2.31. The molecular weight excluding hydrogens is 290 g/mol. The number of pyridine rings is 1. The Morgan fingerprint density at radius 3 is 2.86 bits per heavy atom. The molecule has 2 aromatic rings. The zero-order valence-corrected chi connectivity index (χ0v) is 12.3. The number of hydrogen-bond donors (Lipinski definition) is 2. The minimum Gasteiger partial charge on any atom is -0.384 e. The van der Waals surface area contributed by atoms with E-state index in [1.807, 2.05) is 6.07 Å². The highest BCUT2D eigenvalue weighted by molar-refractivity contribution is 7.89. The maximum Gasteiger partial charge on any atom is 0.244 e. The van der Waals surface area contributed by atoms with Gasteiger partial charge in [0, 0.05) is 37.1 Å². The molecule has 0 radical (unpaired) electrons. The van der Waals surface area contributed by atoms with Crippen molar-refractivity contribution in [1.82, 2.24) is 19.5 Å². The van der Waals surface area contributed by atoms with Gasteiger partial charge in [-0.2, -0.15) is 9.40 Å². The van der Waals surface area contributed by atoms with Crippen LogP contribution in [0, 0.1) is 0 Å². The zero-order chi connectivity index (χ0) is 14.9. The molecule has 0 aliphatic carbocycles. The van der Waals surface area contributed by atoms with E-state index in [1.165, 1.54) is 22.6 Å². The Hall–Kier alpha value is -1.93. The van der Waals surface area contributed by atoms with Crippen molar-refractivity contribution in [2.75, 3.05) is 18.8 Å². The van der Waals surface area contributed by atoms with Gasteiger partial charge in [0.15, 0.2) is 0 Å². The van der Waals surface area contributed by atoms with Crippen LogP contribution in [-0.2, 0) is 10.0 Å². The van der Waals surface area contributed by atoms with Gasteiger partial charge >= 0.3 is 0 Å². The summed E-state index contributed by atoms with van der Waals surface area (Å²) in [5.41, 5.74) is 6.48. The number of aromatic amines is 1. The number of sulfonamides is 1. The lowest BCUT2D eigenvalue weighted by molar-refractivity contribution is 0.312. The van der Waals surface area contributed by atoms with E-state index in [9.17, 15) is 8.42 Å². The summed E-state index contributed by atoms with van der Waals surface area (Å²) in [5.74, 6) is 0.459. The van der Waals surface area contributed by atoms with Crippen molar-refractivity contribution in [1.29, 1.82) is 0 Å². The average Bonchev–Trinajstić information content (AvgIpc) is 3.02. The van der Waals surface area contributed by atoms with Gasteiger partial charge in [0.25, 0.3) is 0 Å². The summed E-state index contributed by atoms with van der Waals surface area (Å²) in [5, 5.41) is 6.86. The number of H-pyrrole nitrogens is 1. The Morgan fingerprint density at radius 2 is 2.19 bits per heavy atom. The van der Waals surface area contributed by atoms with Crippen LogP contribution in [0.25, 0.3) is 0 Å². The van der Waals surface area contributed by atoms with E-state index in [1.54, 1.807) is 6.20 Å². The third-order valence-electron chi connectivity index (χ3n) is 3.74. The quantitative estimate of drug-likeness (QED) is 0.878. The SMILES string of the molecule is Nc1ccc(S(=O)(=O)N2CCCC(c3ccn[nH]3)C2)cn1. The van der Waals surface area contributed by atoms with Crippen LogP contribution in [0.15, 0.2) is 35.5 Å². The van der Waals surface area contributed by atoms with Gasteiger partial charge in [-0.05, 0) is 31.0 Å². The molecule has 0 saturated carbocycles. The second-order valence-electron chi connectivity index (χ2n) is 5.13. The van der Waals surface area contributed by atoms with Crippen molar-refractivity contribution >= 4 is 15.8 Å². The van der Waals surface area contributed by atoms with Crippen molar-refractivity contribution in [3.63, 3.8) is 0 Å². The summed E-state index contributed by atoms with van der Waals surface area (Å²) in [6.07, 6.45) is 4.77. The predicted molar refractivity (Wildman–Crippen MR) is 78.0 cm³/mol. The Labute approximate surface area is 123 Å². The van der Waals surface area contributed by atoms with Crippen LogP contribution in [0.1, 0.15) is 24.5 Å². The molecule has 1 fully saturated rings. The van der Waals surface area contributed by atoms with Gasteiger partial charge in [0.05, 0.1) is 0 Å². The first-order valence-corrected chi connectivity index (χ1v) is 8.22. The molecule has 21 heavy (non-hydrogen) atoms. The van der Waals surface area contributed by atoms with Crippen LogP contribution >= 0.6 is 0 Å². The van der Waals surface area contributed by atoms with Crippen LogP contribution in [0.5, 0.6) is 0 Å². The van der Waals surface area contributed by atoms with E-state index in [4.69, 9.17) is 5.73 Å². The topological polar surface area (TPSA) is 105 Å². The van der Waals surface area contributed by atoms with Crippen LogP contribution in [0.4, 0.5) is 5.82 Å². The first kappa shape index (κ1) is 14.0. The van der Waals surface area contributed by atoms with Crippen molar-refractivity contribution < 1.29 is 8.42 Å². The summed E-state index contributed by atoms with van der Waals surface area (Å²) in [7, 11) is -3.52. The molecule has 1 atom stereocenters. The fourth-order valence-electron chi connectivity index (χ4n) is 2.60. The van der Waals surface area contributed by atoms with Gasteiger partial charge < -0.3 is 5.73 Å². The summed E-state index contributed by atoms with van der Waals surface area (Å²) < 4.78 is 26.8. The van der Waals surface area contributed by atoms with E-state index >= 15 is 0 Å². The van der Waals surface area contributed by atoms with E-state index in [2.05, 4.69) is 15.2 Å². The molecule has 1 unspecified atom stereocenters. The molecule has 0 bridgehead atoms. The fraction of sp³-hybridized carbons (Fsp3) is 0.385. The molecule has 1 saturated heterocycles. The van der Waals surface area contributed by atoms with Gasteiger partial charge in [0.1, 0.15) is 10.7 Å². The Balaban J connectivity index is 1.83. The molecule has 8 heteroatoms. The normalized spacial score (nSPS) is 20.5. The van der Waals surface area contributed by atoms with Gasteiger partial charge in [0.2, 0.25) is 10.0 Å². The van der Waals surface area contributed by atoms with Gasteiger partial charge in [-0.3, -0.25) is 5.10 Å². The van der Waals surface area contributed by atoms with Crippen LogP contribution < -0.4 is 5.73 Å². The lowest BCUT2D eigenvalue weighted by Crippen LogP contribution is -2.39. The summed E-state index contributed by atoms with van der Waals surface area (Å²) >= 11 is 0. The lowest BCUT2D eigenvalue weighted by atomic mass is 9.96.